The van der Waals surface area contributed by atoms with E-state index < -0.39 is 0 Å². The Kier molecular flexibility index (Phi) is 3.45. The number of nitrogen functional groups attached to an aromatic ring is 1. The molecule has 2 rings (SSSR count). The number of tetrazole rings is 1. The Morgan fingerprint density at radius 2 is 2.11 bits per heavy atom. The van der Waals surface area contributed by atoms with Crippen molar-refractivity contribution in [2.45, 2.75) is 20.4 Å². The second-order valence-corrected chi connectivity index (χ2v) is 4.57. The average Bonchev–Trinajstić information content (AvgIpc) is 2.75. The van der Waals surface area contributed by atoms with Crippen LogP contribution in [0, 0.1) is 5.92 Å². The van der Waals surface area contributed by atoms with E-state index in [9.17, 15) is 0 Å². The molecule has 0 spiro atoms. The number of ether oxygens (including phenoxy) is 1. The molecule has 1 heterocycles. The number of nitrogens with zero attached hydrogens (tertiary/aromatic N) is 4. The van der Waals surface area contributed by atoms with Gasteiger partial charge in [-0.05, 0) is 28.5 Å². The van der Waals surface area contributed by atoms with Crippen LogP contribution in [-0.4, -0.2) is 27.3 Å². The molecule has 0 aliphatic rings. The predicted molar refractivity (Wildman–Crippen MR) is 69.1 cm³/mol. The van der Waals surface area contributed by atoms with Gasteiger partial charge in [-0.2, -0.15) is 0 Å². The lowest BCUT2D eigenvalue weighted by Gasteiger charge is -2.09. The van der Waals surface area contributed by atoms with Gasteiger partial charge in [-0.15, -0.1) is 5.10 Å². The molecule has 0 aliphatic heterocycles. The van der Waals surface area contributed by atoms with Crippen LogP contribution in [0.4, 0.5) is 5.69 Å². The van der Waals surface area contributed by atoms with Gasteiger partial charge in [0, 0.05) is 23.9 Å². The molecule has 1 aromatic carbocycles. The highest BCUT2D eigenvalue weighted by Gasteiger charge is 2.11. The lowest BCUT2D eigenvalue weighted by Crippen LogP contribution is -2.08. The van der Waals surface area contributed by atoms with Crippen LogP contribution in [-0.2, 0) is 6.54 Å². The second-order valence-electron chi connectivity index (χ2n) is 4.57. The molecule has 0 saturated carbocycles. The summed E-state index contributed by atoms with van der Waals surface area (Å²) in [6.07, 6.45) is 0. The van der Waals surface area contributed by atoms with Crippen LogP contribution in [0.15, 0.2) is 18.2 Å². The van der Waals surface area contributed by atoms with Gasteiger partial charge in [-0.1, -0.05) is 13.8 Å². The summed E-state index contributed by atoms with van der Waals surface area (Å²) in [6.45, 7) is 5.00. The molecule has 6 nitrogen and oxygen atoms in total. The van der Waals surface area contributed by atoms with Gasteiger partial charge in [0.15, 0.2) is 5.82 Å². The summed E-state index contributed by atoms with van der Waals surface area (Å²) in [4.78, 5) is 0. The molecule has 0 radical (unpaired) electrons. The molecule has 0 saturated heterocycles. The Balaban J connectivity index is 2.42. The summed E-state index contributed by atoms with van der Waals surface area (Å²) in [7, 11) is 1.61. The first-order chi connectivity index (χ1) is 8.60. The summed E-state index contributed by atoms with van der Waals surface area (Å²) in [5, 5.41) is 11.8. The highest BCUT2D eigenvalue weighted by Crippen LogP contribution is 2.25. The fourth-order valence-electron chi connectivity index (χ4n) is 1.75. The van der Waals surface area contributed by atoms with E-state index >= 15 is 0 Å². The Morgan fingerprint density at radius 1 is 1.33 bits per heavy atom. The van der Waals surface area contributed by atoms with E-state index in [0.717, 1.165) is 12.1 Å². The first-order valence-electron chi connectivity index (χ1n) is 5.81. The van der Waals surface area contributed by atoms with Crippen molar-refractivity contribution in [3.8, 4) is 17.1 Å². The minimum Gasteiger partial charge on any atom is -0.497 e. The quantitative estimate of drug-likeness (QED) is 0.830. The Labute approximate surface area is 106 Å². The van der Waals surface area contributed by atoms with Gasteiger partial charge in [-0.25, -0.2) is 4.68 Å². The van der Waals surface area contributed by atoms with Gasteiger partial charge < -0.3 is 10.5 Å². The molecule has 0 amide bonds. The lowest BCUT2D eigenvalue weighted by molar-refractivity contribution is 0.415. The number of benzene rings is 1. The van der Waals surface area contributed by atoms with E-state index in [1.54, 1.807) is 17.9 Å². The molecular weight excluding hydrogens is 230 g/mol. The van der Waals surface area contributed by atoms with E-state index in [1.165, 1.54) is 0 Å². The van der Waals surface area contributed by atoms with Gasteiger partial charge in [-0.3, -0.25) is 0 Å². The summed E-state index contributed by atoms with van der Waals surface area (Å²) < 4.78 is 6.97. The highest BCUT2D eigenvalue weighted by atomic mass is 16.5. The molecule has 0 bridgehead atoms. The van der Waals surface area contributed by atoms with E-state index in [4.69, 9.17) is 10.5 Å². The maximum absolute atomic E-state index is 5.83. The number of methoxy groups -OCH3 is 1. The van der Waals surface area contributed by atoms with Crippen LogP contribution < -0.4 is 10.5 Å². The van der Waals surface area contributed by atoms with Crippen molar-refractivity contribution in [1.29, 1.82) is 0 Å². The standard InChI is InChI=1S/C12H17N5O/c1-8(2)7-17-12(14-15-16-17)9-4-10(13)6-11(5-9)18-3/h4-6,8H,7,13H2,1-3H3. The van der Waals surface area contributed by atoms with Gasteiger partial charge in [0.05, 0.1) is 7.11 Å². The Bertz CT molecular complexity index is 535. The van der Waals surface area contributed by atoms with E-state index in [2.05, 4.69) is 29.4 Å². The maximum Gasteiger partial charge on any atom is 0.182 e. The largest absolute Gasteiger partial charge is 0.497 e. The van der Waals surface area contributed by atoms with Gasteiger partial charge >= 0.3 is 0 Å². The normalized spacial score (nSPS) is 10.9. The molecule has 1 aromatic heterocycles. The minimum atomic E-state index is 0.468. The molecule has 96 valence electrons. The van der Waals surface area contributed by atoms with Crippen molar-refractivity contribution in [2.75, 3.05) is 12.8 Å². The van der Waals surface area contributed by atoms with Gasteiger partial charge in [0.1, 0.15) is 5.75 Å². The lowest BCUT2D eigenvalue weighted by atomic mass is 10.1. The number of anilines is 1. The molecular formula is C12H17N5O. The topological polar surface area (TPSA) is 78.8 Å². The molecule has 6 heteroatoms. The first-order valence-corrected chi connectivity index (χ1v) is 5.81. The fourth-order valence-corrected chi connectivity index (χ4v) is 1.75. The van der Waals surface area contributed by atoms with Crippen molar-refractivity contribution in [3.63, 3.8) is 0 Å². The smallest absolute Gasteiger partial charge is 0.182 e. The van der Waals surface area contributed by atoms with E-state index in [-0.39, 0.29) is 0 Å². The summed E-state index contributed by atoms with van der Waals surface area (Å²) in [5.41, 5.74) is 7.32. The maximum atomic E-state index is 5.83. The third kappa shape index (κ3) is 2.58. The third-order valence-electron chi connectivity index (χ3n) is 2.49. The third-order valence-corrected chi connectivity index (χ3v) is 2.49. The van der Waals surface area contributed by atoms with Crippen molar-refractivity contribution >= 4 is 5.69 Å². The molecule has 0 atom stereocenters. The molecule has 0 fully saturated rings. The number of hydrogen-bond donors (Lipinski definition) is 1. The Morgan fingerprint density at radius 3 is 2.78 bits per heavy atom. The fraction of sp³-hybridized carbons (Fsp3) is 0.417. The molecule has 0 unspecified atom stereocenters. The minimum absolute atomic E-state index is 0.468. The summed E-state index contributed by atoms with van der Waals surface area (Å²) in [5.74, 6) is 1.87. The molecule has 18 heavy (non-hydrogen) atoms. The van der Waals surface area contributed by atoms with Crippen LogP contribution in [0.1, 0.15) is 13.8 Å². The van der Waals surface area contributed by atoms with Crippen LogP contribution in [0.25, 0.3) is 11.4 Å². The monoisotopic (exact) mass is 247 g/mol. The van der Waals surface area contributed by atoms with Gasteiger partial charge in [0.25, 0.3) is 0 Å². The number of hydrogen-bond acceptors (Lipinski definition) is 5. The van der Waals surface area contributed by atoms with Crippen molar-refractivity contribution < 1.29 is 4.74 Å². The predicted octanol–water partition coefficient (Wildman–Crippen LogP) is 1.59. The van der Waals surface area contributed by atoms with Crippen molar-refractivity contribution in [2.24, 2.45) is 5.92 Å². The zero-order valence-electron chi connectivity index (χ0n) is 10.8. The van der Waals surface area contributed by atoms with Crippen LogP contribution >= 0.6 is 0 Å². The summed E-state index contributed by atoms with van der Waals surface area (Å²) >= 11 is 0. The average molecular weight is 247 g/mol. The van der Waals surface area contributed by atoms with Gasteiger partial charge in [0.2, 0.25) is 0 Å². The van der Waals surface area contributed by atoms with E-state index in [0.29, 0.717) is 23.2 Å². The number of nitrogens with two attached hydrogens (primary N) is 1. The van der Waals surface area contributed by atoms with Crippen LogP contribution in [0.3, 0.4) is 0 Å². The molecule has 2 aromatic rings. The SMILES string of the molecule is COc1cc(N)cc(-c2nnnn2CC(C)C)c1. The molecule has 2 N–H and O–H groups in total. The summed E-state index contributed by atoms with van der Waals surface area (Å²) in [6, 6.07) is 5.48. The zero-order valence-corrected chi connectivity index (χ0v) is 10.8. The number of aromatic nitrogens is 4. The van der Waals surface area contributed by atoms with Crippen molar-refractivity contribution in [3.05, 3.63) is 18.2 Å². The molecule has 0 aliphatic carbocycles. The number of rotatable bonds is 4. The second kappa shape index (κ2) is 5.03. The van der Waals surface area contributed by atoms with Crippen molar-refractivity contribution in [1.82, 2.24) is 20.2 Å². The zero-order chi connectivity index (χ0) is 13.1. The van der Waals surface area contributed by atoms with Crippen LogP contribution in [0.2, 0.25) is 0 Å². The van der Waals surface area contributed by atoms with E-state index in [1.807, 2.05) is 12.1 Å². The Hall–Kier alpha value is -2.11. The van der Waals surface area contributed by atoms with Crippen LogP contribution in [0.5, 0.6) is 5.75 Å². The highest BCUT2D eigenvalue weighted by molar-refractivity contribution is 5.64. The first kappa shape index (κ1) is 12.3.